The van der Waals surface area contributed by atoms with Crippen molar-refractivity contribution >= 4 is 22.5 Å². The summed E-state index contributed by atoms with van der Waals surface area (Å²) in [7, 11) is 2.01. The molecule has 0 saturated carbocycles. The highest BCUT2D eigenvalue weighted by Crippen LogP contribution is 2.33. The van der Waals surface area contributed by atoms with Crippen LogP contribution in [0.15, 0.2) is 24.4 Å². The molecule has 1 aliphatic heterocycles. The van der Waals surface area contributed by atoms with E-state index < -0.39 is 0 Å². The second kappa shape index (κ2) is 7.72. The molecular formula is C18H21N5O2S. The normalized spacial score (nSPS) is 14.6. The highest BCUT2D eigenvalue weighted by Gasteiger charge is 2.24. The van der Waals surface area contributed by atoms with Crippen molar-refractivity contribution in [1.82, 2.24) is 15.2 Å². The van der Waals surface area contributed by atoms with Gasteiger partial charge in [0.1, 0.15) is 11.8 Å². The van der Waals surface area contributed by atoms with Crippen molar-refractivity contribution < 1.29 is 9.53 Å². The van der Waals surface area contributed by atoms with Crippen molar-refractivity contribution in [2.24, 2.45) is 0 Å². The summed E-state index contributed by atoms with van der Waals surface area (Å²) in [5, 5.41) is 15.4. The minimum absolute atomic E-state index is 0.0229. The quantitative estimate of drug-likeness (QED) is 0.843. The Kier molecular flexibility index (Phi) is 5.40. The van der Waals surface area contributed by atoms with Crippen LogP contribution in [-0.2, 0) is 0 Å². The zero-order valence-electron chi connectivity index (χ0n) is 14.9. The molecule has 0 aliphatic carbocycles. The van der Waals surface area contributed by atoms with E-state index in [-0.39, 0.29) is 18.2 Å². The molecule has 1 aromatic carbocycles. The highest BCUT2D eigenvalue weighted by atomic mass is 32.1. The molecule has 0 radical (unpaired) electrons. The van der Waals surface area contributed by atoms with Gasteiger partial charge in [-0.2, -0.15) is 5.26 Å². The van der Waals surface area contributed by atoms with Gasteiger partial charge in [-0.3, -0.25) is 5.32 Å². The summed E-state index contributed by atoms with van der Waals surface area (Å²) >= 11 is 1.38. The number of likely N-dealkylation sites (N-methyl/N-ethyl adjacent to an activating group) is 1. The van der Waals surface area contributed by atoms with Crippen LogP contribution in [0.2, 0.25) is 0 Å². The fourth-order valence-corrected chi connectivity index (χ4v) is 3.50. The molecule has 1 aliphatic rings. The number of carbonyl (C=O) groups excluding carboxylic acids is 1. The SMILES string of the molecule is CC(C)Oc1cc(-c2cnc(NC(=O)NC3CN(C)C3)s2)ccc1C#N. The molecule has 26 heavy (non-hydrogen) atoms. The van der Waals surface area contributed by atoms with Gasteiger partial charge < -0.3 is 15.0 Å². The Balaban J connectivity index is 1.69. The highest BCUT2D eigenvalue weighted by molar-refractivity contribution is 7.19. The number of urea groups is 1. The summed E-state index contributed by atoms with van der Waals surface area (Å²) in [5.41, 5.74) is 1.39. The molecule has 2 amide bonds. The molecule has 0 atom stereocenters. The molecule has 7 nitrogen and oxygen atoms in total. The van der Waals surface area contributed by atoms with Gasteiger partial charge in [-0.1, -0.05) is 17.4 Å². The van der Waals surface area contributed by atoms with Gasteiger partial charge in [0.2, 0.25) is 0 Å². The molecule has 0 spiro atoms. The molecule has 1 saturated heterocycles. The van der Waals surface area contributed by atoms with Crippen molar-refractivity contribution in [2.75, 3.05) is 25.5 Å². The predicted octanol–water partition coefficient (Wildman–Crippen LogP) is 2.90. The van der Waals surface area contributed by atoms with E-state index in [2.05, 4.69) is 26.6 Å². The molecule has 1 fully saturated rings. The molecule has 1 aromatic heterocycles. The topological polar surface area (TPSA) is 90.3 Å². The molecule has 0 unspecified atom stereocenters. The van der Waals surface area contributed by atoms with Gasteiger partial charge in [-0.05, 0) is 38.6 Å². The fraction of sp³-hybridized carbons (Fsp3) is 0.389. The van der Waals surface area contributed by atoms with Crippen LogP contribution in [-0.4, -0.2) is 48.2 Å². The van der Waals surface area contributed by atoms with Crippen LogP contribution < -0.4 is 15.4 Å². The van der Waals surface area contributed by atoms with Crippen LogP contribution in [0.1, 0.15) is 19.4 Å². The van der Waals surface area contributed by atoms with Gasteiger partial charge in [0.05, 0.1) is 22.6 Å². The number of nitrogens with one attached hydrogen (secondary N) is 2. The van der Waals surface area contributed by atoms with Crippen LogP contribution in [0, 0.1) is 11.3 Å². The number of benzene rings is 1. The number of anilines is 1. The largest absolute Gasteiger partial charge is 0.490 e. The molecule has 136 valence electrons. The zero-order chi connectivity index (χ0) is 18.7. The molecular weight excluding hydrogens is 350 g/mol. The maximum Gasteiger partial charge on any atom is 0.321 e. The van der Waals surface area contributed by atoms with E-state index in [9.17, 15) is 10.1 Å². The van der Waals surface area contributed by atoms with Gasteiger partial charge >= 0.3 is 6.03 Å². The Labute approximate surface area is 156 Å². The molecule has 3 rings (SSSR count). The maximum atomic E-state index is 12.0. The Morgan fingerprint density at radius 2 is 2.23 bits per heavy atom. The third kappa shape index (κ3) is 4.31. The van der Waals surface area contributed by atoms with E-state index in [1.165, 1.54) is 11.3 Å². The Hall–Kier alpha value is -2.63. The maximum absolute atomic E-state index is 12.0. The molecule has 8 heteroatoms. The zero-order valence-corrected chi connectivity index (χ0v) is 15.8. The first-order chi connectivity index (χ1) is 12.4. The van der Waals surface area contributed by atoms with E-state index in [0.29, 0.717) is 16.4 Å². The van der Waals surface area contributed by atoms with Crippen molar-refractivity contribution in [3.63, 3.8) is 0 Å². The van der Waals surface area contributed by atoms with Gasteiger partial charge in [0.25, 0.3) is 0 Å². The summed E-state index contributed by atoms with van der Waals surface area (Å²) in [6.45, 7) is 5.56. The van der Waals surface area contributed by atoms with Crippen LogP contribution in [0.4, 0.5) is 9.93 Å². The van der Waals surface area contributed by atoms with Crippen molar-refractivity contribution in [3.8, 4) is 22.3 Å². The van der Waals surface area contributed by atoms with Crippen molar-refractivity contribution in [2.45, 2.75) is 26.0 Å². The average molecular weight is 371 g/mol. The Morgan fingerprint density at radius 3 is 2.88 bits per heavy atom. The number of carbonyl (C=O) groups is 1. The molecule has 2 heterocycles. The number of hydrogen-bond acceptors (Lipinski definition) is 6. The van der Waals surface area contributed by atoms with E-state index in [0.717, 1.165) is 23.5 Å². The van der Waals surface area contributed by atoms with Crippen molar-refractivity contribution in [1.29, 1.82) is 5.26 Å². The van der Waals surface area contributed by atoms with Crippen molar-refractivity contribution in [3.05, 3.63) is 30.0 Å². The second-order valence-corrected chi connectivity index (χ2v) is 7.57. The lowest BCUT2D eigenvalue weighted by Crippen LogP contribution is -2.58. The summed E-state index contributed by atoms with van der Waals surface area (Å²) < 4.78 is 5.72. The lowest BCUT2D eigenvalue weighted by Gasteiger charge is -2.36. The Morgan fingerprint density at radius 1 is 1.46 bits per heavy atom. The Bertz CT molecular complexity index is 836. The number of rotatable bonds is 5. The summed E-state index contributed by atoms with van der Waals surface area (Å²) in [6, 6.07) is 7.51. The van der Waals surface area contributed by atoms with Crippen LogP contribution in [0.3, 0.4) is 0 Å². The first kappa shape index (κ1) is 18.2. The van der Waals surface area contributed by atoms with Crippen LogP contribution >= 0.6 is 11.3 Å². The van der Waals surface area contributed by atoms with E-state index in [1.807, 2.05) is 33.0 Å². The van der Waals surface area contributed by atoms with Crippen LogP contribution in [0.5, 0.6) is 5.75 Å². The van der Waals surface area contributed by atoms with Gasteiger partial charge in [0.15, 0.2) is 5.13 Å². The van der Waals surface area contributed by atoms with Crippen LogP contribution in [0.25, 0.3) is 10.4 Å². The number of likely N-dealkylation sites (tertiary alicyclic amines) is 1. The second-order valence-electron chi connectivity index (χ2n) is 6.54. The number of ether oxygens (including phenoxy) is 1. The van der Waals surface area contributed by atoms with E-state index in [1.54, 1.807) is 12.3 Å². The standard InChI is InChI=1S/C18H21N5O2S/c1-11(2)25-15-6-12(4-5-13(15)7-19)16-8-20-18(26-16)22-17(24)21-14-9-23(3)10-14/h4-6,8,11,14H,9-10H2,1-3H3,(H2,20,21,22,24). The minimum Gasteiger partial charge on any atom is -0.490 e. The minimum atomic E-state index is -0.243. The number of nitriles is 1. The summed E-state index contributed by atoms with van der Waals surface area (Å²) in [5.74, 6) is 0.551. The number of thiazole rings is 1. The number of hydrogen-bond donors (Lipinski definition) is 2. The average Bonchev–Trinajstić information content (AvgIpc) is 3.01. The monoisotopic (exact) mass is 371 g/mol. The lowest BCUT2D eigenvalue weighted by atomic mass is 10.1. The lowest BCUT2D eigenvalue weighted by molar-refractivity contribution is 0.165. The van der Waals surface area contributed by atoms with E-state index in [4.69, 9.17) is 4.74 Å². The smallest absolute Gasteiger partial charge is 0.321 e. The number of amides is 2. The molecule has 2 aromatic rings. The first-order valence-corrected chi connectivity index (χ1v) is 9.19. The third-order valence-corrected chi connectivity index (χ3v) is 4.84. The first-order valence-electron chi connectivity index (χ1n) is 8.37. The molecule has 2 N–H and O–H groups in total. The molecule has 0 bridgehead atoms. The van der Waals surface area contributed by atoms with Gasteiger partial charge in [0, 0.05) is 19.3 Å². The predicted molar refractivity (Wildman–Crippen MR) is 101 cm³/mol. The summed E-state index contributed by atoms with van der Waals surface area (Å²) in [6.07, 6.45) is 1.68. The van der Waals surface area contributed by atoms with Gasteiger partial charge in [-0.25, -0.2) is 9.78 Å². The summed E-state index contributed by atoms with van der Waals surface area (Å²) in [4.78, 5) is 19.3. The van der Waals surface area contributed by atoms with Gasteiger partial charge in [-0.15, -0.1) is 0 Å². The fourth-order valence-electron chi connectivity index (χ4n) is 2.69. The third-order valence-electron chi connectivity index (χ3n) is 3.87. The van der Waals surface area contributed by atoms with E-state index >= 15 is 0 Å². The number of nitrogens with zero attached hydrogens (tertiary/aromatic N) is 3. The number of aromatic nitrogens is 1.